The lowest BCUT2D eigenvalue weighted by Crippen LogP contribution is -2.51. The van der Waals surface area contributed by atoms with Gasteiger partial charge in [-0.3, -0.25) is 14.7 Å². The molecule has 0 saturated carbocycles. The molecule has 0 aromatic carbocycles. The maximum absolute atomic E-state index is 12.3. The van der Waals surface area contributed by atoms with E-state index in [9.17, 15) is 4.79 Å². The molecule has 0 spiro atoms. The minimum absolute atomic E-state index is 0. The maximum atomic E-state index is 12.3. The van der Waals surface area contributed by atoms with Gasteiger partial charge in [0.2, 0.25) is 5.91 Å². The molecule has 1 aromatic heterocycles. The fourth-order valence-corrected chi connectivity index (χ4v) is 2.87. The summed E-state index contributed by atoms with van der Waals surface area (Å²) in [5.74, 6) is 0.315. The molecule has 2 unspecified atom stereocenters. The Hall–Kier alpha value is -0.590. The van der Waals surface area contributed by atoms with Gasteiger partial charge in [0.25, 0.3) is 0 Å². The average molecular weight is 400 g/mol. The summed E-state index contributed by atoms with van der Waals surface area (Å²) in [6, 6.07) is 4.44. The largest absolute Gasteiger partial charge is 0.340 e. The number of pyridine rings is 1. The van der Waals surface area contributed by atoms with E-state index >= 15 is 0 Å². The zero-order valence-corrected chi connectivity index (χ0v) is 16.9. The molecule has 1 saturated heterocycles. The molecule has 2 heterocycles. The summed E-state index contributed by atoms with van der Waals surface area (Å²) in [5.41, 5.74) is 1.24. The second kappa shape index (κ2) is 12.7. The molecule has 0 radical (unpaired) electrons. The Kier molecular flexibility index (Phi) is 13.6. The van der Waals surface area contributed by atoms with E-state index in [1.807, 2.05) is 31.1 Å². The number of amides is 1. The van der Waals surface area contributed by atoms with Crippen LogP contribution in [0.5, 0.6) is 0 Å². The van der Waals surface area contributed by atoms with Crippen LogP contribution >= 0.6 is 37.2 Å². The lowest BCUT2D eigenvalue weighted by molar-refractivity contribution is -0.136. The minimum Gasteiger partial charge on any atom is -0.340 e. The molecule has 2 atom stereocenters. The minimum atomic E-state index is 0. The Balaban J connectivity index is 0. The first-order valence-electron chi connectivity index (χ1n) is 7.71. The lowest BCUT2D eigenvalue weighted by atomic mass is 10.1. The summed E-state index contributed by atoms with van der Waals surface area (Å²) in [6.07, 6.45) is 3.73. The standard InChI is InChI=1S/C16H26N4O.3ClH/c1-13(11-17-3)16(21)20-9-7-19(8-10-20)14(2)15-5-4-6-18-12-15;;;/h4-6,12-14,17H,7-11H2,1-3H3;3*1H. The van der Waals surface area contributed by atoms with Gasteiger partial charge in [0, 0.05) is 57.1 Å². The van der Waals surface area contributed by atoms with Crippen LogP contribution in [0.4, 0.5) is 0 Å². The Morgan fingerprint density at radius 1 is 1.21 bits per heavy atom. The van der Waals surface area contributed by atoms with Gasteiger partial charge in [0.05, 0.1) is 0 Å². The summed E-state index contributed by atoms with van der Waals surface area (Å²) in [7, 11) is 1.89. The van der Waals surface area contributed by atoms with Crippen LogP contribution in [0, 0.1) is 5.92 Å². The Labute approximate surface area is 163 Å². The molecule has 2 rings (SSSR count). The average Bonchev–Trinajstić information content (AvgIpc) is 2.54. The molecular formula is C16H29Cl3N4O. The predicted octanol–water partition coefficient (Wildman–Crippen LogP) is 2.41. The Morgan fingerprint density at radius 2 is 1.83 bits per heavy atom. The van der Waals surface area contributed by atoms with Crippen molar-refractivity contribution in [3.05, 3.63) is 30.1 Å². The van der Waals surface area contributed by atoms with E-state index in [0.29, 0.717) is 6.04 Å². The van der Waals surface area contributed by atoms with Crippen molar-refractivity contribution < 1.29 is 4.79 Å². The number of piperazine rings is 1. The van der Waals surface area contributed by atoms with Crippen molar-refractivity contribution in [3.8, 4) is 0 Å². The topological polar surface area (TPSA) is 48.5 Å². The summed E-state index contributed by atoms with van der Waals surface area (Å²) in [4.78, 5) is 20.9. The molecule has 1 aliphatic rings. The van der Waals surface area contributed by atoms with E-state index in [-0.39, 0.29) is 49.0 Å². The lowest BCUT2D eigenvalue weighted by Gasteiger charge is -2.39. The number of carbonyl (C=O) groups excluding carboxylic acids is 1. The van der Waals surface area contributed by atoms with Crippen LogP contribution in [0.25, 0.3) is 0 Å². The zero-order chi connectivity index (χ0) is 15.2. The first kappa shape index (κ1) is 25.6. The van der Waals surface area contributed by atoms with Gasteiger partial charge in [-0.25, -0.2) is 0 Å². The molecule has 1 fully saturated rings. The van der Waals surface area contributed by atoms with Crippen molar-refractivity contribution in [1.29, 1.82) is 0 Å². The molecular weight excluding hydrogens is 371 g/mol. The number of aromatic nitrogens is 1. The fourth-order valence-electron chi connectivity index (χ4n) is 2.87. The Bertz CT molecular complexity index is 456. The molecule has 0 bridgehead atoms. The molecule has 8 heteroatoms. The number of hydrogen-bond donors (Lipinski definition) is 1. The van der Waals surface area contributed by atoms with Crippen molar-refractivity contribution in [1.82, 2.24) is 20.1 Å². The number of rotatable bonds is 5. The van der Waals surface area contributed by atoms with Gasteiger partial charge < -0.3 is 10.2 Å². The van der Waals surface area contributed by atoms with Crippen molar-refractivity contribution in [2.75, 3.05) is 39.8 Å². The van der Waals surface area contributed by atoms with Gasteiger partial charge in [-0.05, 0) is 25.6 Å². The monoisotopic (exact) mass is 398 g/mol. The summed E-state index contributed by atoms with van der Waals surface area (Å²) >= 11 is 0. The van der Waals surface area contributed by atoms with Gasteiger partial charge in [-0.15, -0.1) is 37.2 Å². The van der Waals surface area contributed by atoms with Crippen LogP contribution in [-0.2, 0) is 4.79 Å². The highest BCUT2D eigenvalue weighted by Gasteiger charge is 2.26. The third-order valence-electron chi connectivity index (χ3n) is 4.27. The van der Waals surface area contributed by atoms with Crippen molar-refractivity contribution in [3.63, 3.8) is 0 Å². The Morgan fingerprint density at radius 3 is 2.33 bits per heavy atom. The molecule has 140 valence electrons. The van der Waals surface area contributed by atoms with Gasteiger partial charge in [0.1, 0.15) is 0 Å². The van der Waals surface area contributed by atoms with Crippen LogP contribution in [0.2, 0.25) is 0 Å². The maximum Gasteiger partial charge on any atom is 0.226 e. The van der Waals surface area contributed by atoms with Crippen LogP contribution in [-0.4, -0.2) is 60.5 Å². The first-order valence-corrected chi connectivity index (χ1v) is 7.71. The SMILES string of the molecule is CNCC(C)C(=O)N1CCN(C(C)c2cccnc2)CC1.Cl.Cl.Cl. The molecule has 1 aromatic rings. The highest BCUT2D eigenvalue weighted by atomic mass is 35.5. The van der Waals surface area contributed by atoms with Crippen LogP contribution < -0.4 is 5.32 Å². The highest BCUT2D eigenvalue weighted by molar-refractivity contribution is 5.86. The van der Waals surface area contributed by atoms with Gasteiger partial charge in [-0.2, -0.15) is 0 Å². The van der Waals surface area contributed by atoms with Gasteiger partial charge >= 0.3 is 0 Å². The molecule has 24 heavy (non-hydrogen) atoms. The van der Waals surface area contributed by atoms with Crippen molar-refractivity contribution in [2.45, 2.75) is 19.9 Å². The molecule has 1 N–H and O–H groups in total. The van der Waals surface area contributed by atoms with Gasteiger partial charge in [-0.1, -0.05) is 13.0 Å². The number of carbonyl (C=O) groups is 1. The number of nitrogens with one attached hydrogen (secondary N) is 1. The molecule has 5 nitrogen and oxygen atoms in total. The number of halogens is 3. The number of nitrogens with zero attached hydrogens (tertiary/aromatic N) is 3. The van der Waals surface area contributed by atoms with Crippen molar-refractivity contribution >= 4 is 43.1 Å². The van der Waals surface area contributed by atoms with Crippen LogP contribution in [0.3, 0.4) is 0 Å². The molecule has 1 amide bonds. The highest BCUT2D eigenvalue weighted by Crippen LogP contribution is 2.21. The van der Waals surface area contributed by atoms with Crippen LogP contribution in [0.1, 0.15) is 25.5 Å². The second-order valence-electron chi connectivity index (χ2n) is 5.78. The normalized spacial score (nSPS) is 16.9. The van der Waals surface area contributed by atoms with E-state index in [2.05, 4.69) is 28.2 Å². The van der Waals surface area contributed by atoms with Crippen LogP contribution in [0.15, 0.2) is 24.5 Å². The summed E-state index contributed by atoms with van der Waals surface area (Å²) in [5, 5.41) is 3.07. The first-order chi connectivity index (χ1) is 10.1. The van der Waals surface area contributed by atoms with E-state index < -0.39 is 0 Å². The molecule has 1 aliphatic heterocycles. The third-order valence-corrected chi connectivity index (χ3v) is 4.27. The van der Waals surface area contributed by atoms with E-state index in [1.54, 1.807) is 6.20 Å². The smallest absolute Gasteiger partial charge is 0.226 e. The molecule has 0 aliphatic carbocycles. The summed E-state index contributed by atoms with van der Waals surface area (Å²) in [6.45, 7) is 8.42. The second-order valence-corrected chi connectivity index (χ2v) is 5.78. The zero-order valence-electron chi connectivity index (χ0n) is 14.5. The third kappa shape index (κ3) is 6.73. The number of hydrogen-bond acceptors (Lipinski definition) is 4. The van der Waals surface area contributed by atoms with Gasteiger partial charge in [0.15, 0.2) is 0 Å². The predicted molar refractivity (Wildman–Crippen MR) is 106 cm³/mol. The summed E-state index contributed by atoms with van der Waals surface area (Å²) < 4.78 is 0. The quantitative estimate of drug-likeness (QED) is 0.826. The van der Waals surface area contributed by atoms with E-state index in [0.717, 1.165) is 32.7 Å². The fraction of sp³-hybridized carbons (Fsp3) is 0.625. The van der Waals surface area contributed by atoms with Crippen molar-refractivity contribution in [2.24, 2.45) is 5.92 Å². The van der Waals surface area contributed by atoms with E-state index in [1.165, 1.54) is 5.56 Å². The van der Waals surface area contributed by atoms with E-state index in [4.69, 9.17) is 0 Å².